The van der Waals surface area contributed by atoms with E-state index < -0.39 is 0 Å². The lowest BCUT2D eigenvalue weighted by molar-refractivity contribution is 0.415. The van der Waals surface area contributed by atoms with Crippen LogP contribution in [0.2, 0.25) is 5.02 Å². The van der Waals surface area contributed by atoms with Crippen LogP contribution in [0, 0.1) is 13.8 Å². The van der Waals surface area contributed by atoms with Crippen molar-refractivity contribution in [1.29, 1.82) is 0 Å². The first-order chi connectivity index (χ1) is 16.0. The second kappa shape index (κ2) is 8.85. The molecule has 0 amide bonds. The van der Waals surface area contributed by atoms with Crippen LogP contribution in [-0.4, -0.2) is 21.9 Å². The van der Waals surface area contributed by atoms with Gasteiger partial charge in [-0.1, -0.05) is 59.1 Å². The third-order valence-electron chi connectivity index (χ3n) is 5.47. The van der Waals surface area contributed by atoms with Crippen LogP contribution in [0.5, 0.6) is 5.75 Å². The van der Waals surface area contributed by atoms with E-state index in [-0.39, 0.29) is 0 Å². The second-order valence-electron chi connectivity index (χ2n) is 7.91. The number of nitrogens with zero attached hydrogens (tertiary/aromatic N) is 3. The fraction of sp³-hybridized carbons (Fsp3) is 0.111. The van der Waals surface area contributed by atoms with E-state index in [9.17, 15) is 0 Å². The minimum atomic E-state index is 0.618. The lowest BCUT2D eigenvalue weighted by Gasteiger charge is -2.06. The molecule has 0 spiro atoms. The zero-order chi connectivity index (χ0) is 22.9. The highest BCUT2D eigenvalue weighted by Gasteiger charge is 2.22. The first kappa shape index (κ1) is 21.4. The summed E-state index contributed by atoms with van der Waals surface area (Å²) in [5.41, 5.74) is 7.81. The summed E-state index contributed by atoms with van der Waals surface area (Å²) in [6, 6.07) is 24.4. The number of aromatic nitrogens is 3. The highest BCUT2D eigenvalue weighted by molar-refractivity contribution is 7.12. The van der Waals surface area contributed by atoms with Crippen molar-refractivity contribution in [3.8, 4) is 44.7 Å². The van der Waals surface area contributed by atoms with Crippen molar-refractivity contribution in [2.45, 2.75) is 13.8 Å². The molecular formula is C27H22ClN3OS. The first-order valence-electron chi connectivity index (χ1n) is 10.6. The third-order valence-corrected chi connectivity index (χ3v) is 6.64. The van der Waals surface area contributed by atoms with Gasteiger partial charge >= 0.3 is 0 Å². The maximum atomic E-state index is 6.99. The van der Waals surface area contributed by atoms with Crippen LogP contribution < -0.4 is 4.74 Å². The van der Waals surface area contributed by atoms with Crippen LogP contribution in [0.15, 0.2) is 78.2 Å². The van der Waals surface area contributed by atoms with Gasteiger partial charge in [0.25, 0.3) is 0 Å². The molecule has 3 aromatic carbocycles. The number of methoxy groups -OCH3 is 1. The predicted molar refractivity (Wildman–Crippen MR) is 137 cm³/mol. The monoisotopic (exact) mass is 471 g/mol. The molecule has 0 bridgehead atoms. The summed E-state index contributed by atoms with van der Waals surface area (Å²) in [5.74, 6) is 0.817. The Morgan fingerprint density at radius 3 is 2.18 bits per heavy atom. The summed E-state index contributed by atoms with van der Waals surface area (Å²) in [6.07, 6.45) is 0. The molecule has 5 rings (SSSR count). The van der Waals surface area contributed by atoms with Crippen LogP contribution >= 0.6 is 22.9 Å². The Morgan fingerprint density at radius 1 is 0.848 bits per heavy atom. The van der Waals surface area contributed by atoms with Gasteiger partial charge in [0.15, 0.2) is 0 Å². The van der Waals surface area contributed by atoms with Crippen LogP contribution in [-0.2, 0) is 0 Å². The summed E-state index contributed by atoms with van der Waals surface area (Å²) < 4.78 is 7.14. The largest absolute Gasteiger partial charge is 0.497 e. The Morgan fingerprint density at radius 2 is 1.52 bits per heavy atom. The molecule has 0 aliphatic carbocycles. The summed E-state index contributed by atoms with van der Waals surface area (Å²) >= 11 is 8.53. The van der Waals surface area contributed by atoms with Crippen molar-refractivity contribution >= 4 is 22.9 Å². The van der Waals surface area contributed by atoms with Gasteiger partial charge in [-0.3, -0.25) is 0 Å². The lowest BCUT2D eigenvalue weighted by atomic mass is 10.1. The summed E-state index contributed by atoms with van der Waals surface area (Å²) in [4.78, 5) is 4.90. The number of ether oxygens (including phenoxy) is 1. The molecule has 0 unspecified atom stereocenters. The van der Waals surface area contributed by atoms with E-state index in [1.54, 1.807) is 18.4 Å². The minimum absolute atomic E-state index is 0.618. The van der Waals surface area contributed by atoms with Crippen LogP contribution in [0.1, 0.15) is 11.1 Å². The number of hydrogen-bond acceptors (Lipinski definition) is 4. The highest BCUT2D eigenvalue weighted by Crippen LogP contribution is 2.39. The van der Waals surface area contributed by atoms with E-state index in [0.717, 1.165) is 55.8 Å². The first-order valence-corrected chi connectivity index (χ1v) is 11.8. The normalized spacial score (nSPS) is 11.0. The topological polar surface area (TPSA) is 39.9 Å². The van der Waals surface area contributed by atoms with Crippen LogP contribution in [0.4, 0.5) is 0 Å². The molecule has 5 aromatic rings. The maximum Gasteiger partial charge on any atom is 0.211 e. The maximum absolute atomic E-state index is 6.99. The van der Waals surface area contributed by atoms with Crippen LogP contribution in [0.3, 0.4) is 0 Å². The number of hydrogen-bond donors (Lipinski definition) is 0. The van der Waals surface area contributed by atoms with Crippen molar-refractivity contribution < 1.29 is 4.74 Å². The molecule has 6 heteroatoms. The quantitative estimate of drug-likeness (QED) is 0.265. The summed E-state index contributed by atoms with van der Waals surface area (Å²) in [5, 5.41) is 8.37. The van der Waals surface area contributed by atoms with Gasteiger partial charge in [-0.15, -0.1) is 11.3 Å². The molecule has 0 aliphatic rings. The van der Waals surface area contributed by atoms with E-state index in [1.165, 1.54) is 0 Å². The van der Waals surface area contributed by atoms with E-state index in [2.05, 4.69) is 44.2 Å². The van der Waals surface area contributed by atoms with Gasteiger partial charge in [-0.2, -0.15) is 5.10 Å². The molecule has 0 saturated carbocycles. The van der Waals surface area contributed by atoms with E-state index in [1.807, 2.05) is 52.5 Å². The van der Waals surface area contributed by atoms with E-state index in [4.69, 9.17) is 26.4 Å². The molecule has 33 heavy (non-hydrogen) atoms. The predicted octanol–water partition coefficient (Wildman–Crippen LogP) is 7.61. The fourth-order valence-corrected chi connectivity index (χ4v) is 4.94. The van der Waals surface area contributed by atoms with Crippen LogP contribution in [0.25, 0.3) is 38.9 Å². The molecular weight excluding hydrogens is 450 g/mol. The fourth-order valence-electron chi connectivity index (χ4n) is 3.81. The van der Waals surface area contributed by atoms with Crippen molar-refractivity contribution in [2.24, 2.45) is 0 Å². The molecule has 0 saturated heterocycles. The van der Waals surface area contributed by atoms with Crippen molar-refractivity contribution in [3.05, 3.63) is 94.3 Å². The van der Waals surface area contributed by atoms with E-state index in [0.29, 0.717) is 5.02 Å². The Hall–Kier alpha value is -3.41. The summed E-state index contributed by atoms with van der Waals surface area (Å²) in [6.45, 7) is 4.14. The lowest BCUT2D eigenvalue weighted by Crippen LogP contribution is -1.99. The number of aryl methyl sites for hydroxylation is 2. The summed E-state index contributed by atoms with van der Waals surface area (Å²) in [7, 11) is 1.66. The van der Waals surface area contributed by atoms with Gasteiger partial charge in [0.05, 0.1) is 23.5 Å². The molecule has 0 atom stereocenters. The third kappa shape index (κ3) is 4.17. The minimum Gasteiger partial charge on any atom is -0.497 e. The Bertz CT molecular complexity index is 1440. The average Bonchev–Trinajstić information content (AvgIpc) is 3.44. The molecule has 0 aliphatic heterocycles. The van der Waals surface area contributed by atoms with Gasteiger partial charge < -0.3 is 4.74 Å². The number of rotatable bonds is 5. The van der Waals surface area contributed by atoms with Gasteiger partial charge in [0, 0.05) is 22.1 Å². The standard InChI is InChI=1S/C27H22ClN3OS/c1-17-6-4-8-20(14-17)25-24(28)26(21-9-5-7-18(2)15-21)31(30-25)27-29-23(16-33-27)19-10-12-22(32-3)13-11-19/h4-16H,1-3H3. The number of benzene rings is 3. The molecule has 2 heterocycles. The van der Waals surface area contributed by atoms with Gasteiger partial charge in [-0.05, 0) is 50.2 Å². The van der Waals surface area contributed by atoms with Gasteiger partial charge in [-0.25, -0.2) is 9.67 Å². The molecule has 0 radical (unpaired) electrons. The highest BCUT2D eigenvalue weighted by atomic mass is 35.5. The van der Waals surface area contributed by atoms with Crippen molar-refractivity contribution in [2.75, 3.05) is 7.11 Å². The molecule has 4 nitrogen and oxygen atoms in total. The molecule has 0 fully saturated rings. The average molecular weight is 472 g/mol. The SMILES string of the molecule is COc1ccc(-c2csc(-n3nc(-c4cccc(C)c4)c(Cl)c3-c3cccc(C)c3)n2)cc1. The smallest absolute Gasteiger partial charge is 0.211 e. The molecule has 2 aromatic heterocycles. The zero-order valence-electron chi connectivity index (χ0n) is 18.5. The molecule has 164 valence electrons. The Balaban J connectivity index is 1.66. The zero-order valence-corrected chi connectivity index (χ0v) is 20.1. The van der Waals surface area contributed by atoms with Gasteiger partial charge in [0.2, 0.25) is 5.13 Å². The van der Waals surface area contributed by atoms with Gasteiger partial charge in [0.1, 0.15) is 11.4 Å². The van der Waals surface area contributed by atoms with E-state index >= 15 is 0 Å². The number of thiazole rings is 1. The Kier molecular flexibility index (Phi) is 5.75. The number of halogens is 1. The van der Waals surface area contributed by atoms with Crippen molar-refractivity contribution in [3.63, 3.8) is 0 Å². The molecule has 0 N–H and O–H groups in total. The second-order valence-corrected chi connectivity index (χ2v) is 9.12. The van der Waals surface area contributed by atoms with Crippen molar-refractivity contribution in [1.82, 2.24) is 14.8 Å². The Labute approximate surface area is 202 Å².